The first-order valence-electron chi connectivity index (χ1n) is 5.48. The molecule has 0 unspecified atom stereocenters. The molecule has 5 heteroatoms. The minimum atomic E-state index is -0.244. The van der Waals surface area contributed by atoms with Gasteiger partial charge in [-0.3, -0.25) is 4.57 Å². The van der Waals surface area contributed by atoms with Crippen molar-refractivity contribution in [2.75, 3.05) is 6.79 Å². The van der Waals surface area contributed by atoms with Gasteiger partial charge in [0.2, 0.25) is 6.79 Å². The minimum absolute atomic E-state index is 0.0547. The van der Waals surface area contributed by atoms with Crippen molar-refractivity contribution in [3.05, 3.63) is 28.8 Å². The largest absolute Gasteiger partial charge is 0.454 e. The molecule has 0 saturated heterocycles. The molecule has 1 aromatic heterocycles. The molecule has 17 heavy (non-hydrogen) atoms. The first-order chi connectivity index (χ1) is 8.16. The van der Waals surface area contributed by atoms with Gasteiger partial charge in [0, 0.05) is 23.7 Å². The van der Waals surface area contributed by atoms with E-state index in [1.54, 1.807) is 10.8 Å². The van der Waals surface area contributed by atoms with E-state index in [4.69, 9.17) is 9.47 Å². The van der Waals surface area contributed by atoms with Crippen LogP contribution in [-0.2, 0) is 0 Å². The van der Waals surface area contributed by atoms with E-state index in [9.17, 15) is 4.79 Å². The topological polar surface area (TPSA) is 53.4 Å². The maximum absolute atomic E-state index is 11.8. The lowest BCUT2D eigenvalue weighted by atomic mass is 10.2. The normalized spacial score (nSPS) is 13.6. The molecule has 3 rings (SSSR count). The lowest BCUT2D eigenvalue weighted by Gasteiger charge is -2.12. The Labute approximate surface area is 97.6 Å². The van der Waals surface area contributed by atoms with Crippen LogP contribution >= 0.6 is 0 Å². The molecule has 0 fully saturated rings. The van der Waals surface area contributed by atoms with Gasteiger partial charge >= 0.3 is 5.69 Å². The predicted molar refractivity (Wildman–Crippen MR) is 62.5 cm³/mol. The van der Waals surface area contributed by atoms with Gasteiger partial charge < -0.3 is 9.47 Å². The molecule has 88 valence electrons. The van der Waals surface area contributed by atoms with Crippen LogP contribution in [-0.4, -0.2) is 16.3 Å². The molecule has 0 N–H and O–H groups in total. The fourth-order valence-corrected chi connectivity index (χ4v) is 2.05. The average Bonchev–Trinajstić information content (AvgIpc) is 2.72. The highest BCUT2D eigenvalue weighted by Crippen LogP contribution is 2.35. The highest BCUT2D eigenvalue weighted by Gasteiger charge is 2.17. The molecule has 0 aliphatic carbocycles. The molecule has 0 radical (unpaired) electrons. The molecule has 1 aliphatic rings. The highest BCUT2D eigenvalue weighted by molar-refractivity contribution is 5.82. The number of ether oxygens (including phenoxy) is 2. The van der Waals surface area contributed by atoms with Crippen LogP contribution < -0.4 is 15.2 Å². The van der Waals surface area contributed by atoms with Crippen LogP contribution in [0.3, 0.4) is 0 Å². The summed E-state index contributed by atoms with van der Waals surface area (Å²) in [6.07, 6.45) is 1.57. The van der Waals surface area contributed by atoms with E-state index in [2.05, 4.69) is 4.98 Å². The zero-order valence-corrected chi connectivity index (χ0v) is 9.64. The standard InChI is InChI=1S/C12H12N2O3/c1-7(2)14-9-4-11-10(16-6-17-11)3-8(9)5-13-12(14)15/h3-5,7H,6H2,1-2H3. The summed E-state index contributed by atoms with van der Waals surface area (Å²) in [4.78, 5) is 15.6. The van der Waals surface area contributed by atoms with Crippen molar-refractivity contribution in [2.24, 2.45) is 0 Å². The summed E-state index contributed by atoms with van der Waals surface area (Å²) >= 11 is 0. The van der Waals surface area contributed by atoms with Crippen LogP contribution in [0, 0.1) is 0 Å². The number of aromatic nitrogens is 2. The van der Waals surface area contributed by atoms with Crippen molar-refractivity contribution < 1.29 is 9.47 Å². The molecule has 2 heterocycles. The van der Waals surface area contributed by atoms with E-state index in [0.29, 0.717) is 11.5 Å². The molecule has 0 bridgehead atoms. The summed E-state index contributed by atoms with van der Waals surface area (Å²) < 4.78 is 12.3. The summed E-state index contributed by atoms with van der Waals surface area (Å²) in [5.41, 5.74) is 0.579. The third-order valence-electron chi connectivity index (χ3n) is 2.82. The Morgan fingerprint density at radius 1 is 1.29 bits per heavy atom. The fraction of sp³-hybridized carbons (Fsp3) is 0.333. The van der Waals surface area contributed by atoms with Gasteiger partial charge in [-0.1, -0.05) is 0 Å². The molecule has 2 aromatic rings. The molecule has 0 amide bonds. The van der Waals surface area contributed by atoms with Gasteiger partial charge in [-0.2, -0.15) is 0 Å². The van der Waals surface area contributed by atoms with Crippen molar-refractivity contribution in [1.82, 2.24) is 9.55 Å². The van der Waals surface area contributed by atoms with Crippen LogP contribution in [0.4, 0.5) is 0 Å². The molecule has 0 spiro atoms. The highest BCUT2D eigenvalue weighted by atomic mass is 16.7. The van der Waals surface area contributed by atoms with E-state index >= 15 is 0 Å². The van der Waals surface area contributed by atoms with E-state index < -0.39 is 0 Å². The first kappa shape index (κ1) is 10.1. The second kappa shape index (κ2) is 3.48. The Bertz CT molecular complexity index is 646. The number of rotatable bonds is 1. The first-order valence-corrected chi connectivity index (χ1v) is 5.48. The molecule has 1 aliphatic heterocycles. The quantitative estimate of drug-likeness (QED) is 0.751. The number of hydrogen-bond acceptors (Lipinski definition) is 4. The Hall–Kier alpha value is -2.04. The van der Waals surface area contributed by atoms with E-state index in [-0.39, 0.29) is 18.5 Å². The Morgan fingerprint density at radius 2 is 2.00 bits per heavy atom. The van der Waals surface area contributed by atoms with Crippen molar-refractivity contribution in [3.63, 3.8) is 0 Å². The van der Waals surface area contributed by atoms with E-state index in [1.165, 1.54) is 0 Å². The third-order valence-corrected chi connectivity index (χ3v) is 2.82. The number of fused-ring (bicyclic) bond motifs is 2. The molecule has 0 saturated carbocycles. The molecule has 5 nitrogen and oxygen atoms in total. The predicted octanol–water partition coefficient (Wildman–Crippen LogP) is 1.71. The molecule has 1 aromatic carbocycles. The van der Waals surface area contributed by atoms with Gasteiger partial charge in [0.25, 0.3) is 0 Å². The van der Waals surface area contributed by atoms with Crippen LogP contribution in [0.15, 0.2) is 23.1 Å². The Balaban J connectivity index is 2.39. The lowest BCUT2D eigenvalue weighted by molar-refractivity contribution is 0.174. The number of hydrogen-bond donors (Lipinski definition) is 0. The second-order valence-corrected chi connectivity index (χ2v) is 4.27. The average molecular weight is 232 g/mol. The van der Waals surface area contributed by atoms with Crippen molar-refractivity contribution in [3.8, 4) is 11.5 Å². The zero-order valence-electron chi connectivity index (χ0n) is 9.64. The Morgan fingerprint density at radius 3 is 2.71 bits per heavy atom. The van der Waals surface area contributed by atoms with Gasteiger partial charge in [-0.05, 0) is 19.9 Å². The summed E-state index contributed by atoms with van der Waals surface area (Å²) in [5, 5.41) is 0.877. The smallest absolute Gasteiger partial charge is 0.348 e. The lowest BCUT2D eigenvalue weighted by Crippen LogP contribution is -2.24. The van der Waals surface area contributed by atoms with E-state index in [1.807, 2.05) is 26.0 Å². The number of benzene rings is 1. The third kappa shape index (κ3) is 1.46. The zero-order chi connectivity index (χ0) is 12.0. The Kier molecular flexibility index (Phi) is 2.07. The van der Waals surface area contributed by atoms with Crippen LogP contribution in [0.25, 0.3) is 10.9 Å². The van der Waals surface area contributed by atoms with Crippen molar-refractivity contribution >= 4 is 10.9 Å². The minimum Gasteiger partial charge on any atom is -0.454 e. The summed E-state index contributed by atoms with van der Waals surface area (Å²) in [6.45, 7) is 4.13. The van der Waals surface area contributed by atoms with Crippen LogP contribution in [0.2, 0.25) is 0 Å². The monoisotopic (exact) mass is 232 g/mol. The van der Waals surface area contributed by atoms with Gasteiger partial charge in [-0.25, -0.2) is 9.78 Å². The summed E-state index contributed by atoms with van der Waals surface area (Å²) in [5.74, 6) is 1.38. The molecular formula is C12H12N2O3. The van der Waals surface area contributed by atoms with Gasteiger partial charge in [0.15, 0.2) is 11.5 Å². The summed E-state index contributed by atoms with van der Waals surface area (Å²) in [6, 6.07) is 3.74. The fourth-order valence-electron chi connectivity index (χ4n) is 2.05. The maximum Gasteiger partial charge on any atom is 0.348 e. The number of nitrogens with zero attached hydrogens (tertiary/aromatic N) is 2. The maximum atomic E-state index is 11.8. The SMILES string of the molecule is CC(C)n1c(=O)ncc2cc3c(cc21)OCO3. The molecule has 0 atom stereocenters. The van der Waals surface area contributed by atoms with Crippen molar-refractivity contribution in [2.45, 2.75) is 19.9 Å². The van der Waals surface area contributed by atoms with Crippen molar-refractivity contribution in [1.29, 1.82) is 0 Å². The van der Waals surface area contributed by atoms with E-state index in [0.717, 1.165) is 10.9 Å². The van der Waals surface area contributed by atoms with Crippen LogP contribution in [0.5, 0.6) is 11.5 Å². The van der Waals surface area contributed by atoms with Gasteiger partial charge in [0.1, 0.15) is 0 Å². The summed E-state index contributed by atoms with van der Waals surface area (Å²) in [7, 11) is 0. The van der Waals surface area contributed by atoms with Crippen LogP contribution in [0.1, 0.15) is 19.9 Å². The van der Waals surface area contributed by atoms with Gasteiger partial charge in [0.05, 0.1) is 5.52 Å². The second-order valence-electron chi connectivity index (χ2n) is 4.27. The van der Waals surface area contributed by atoms with Gasteiger partial charge in [-0.15, -0.1) is 0 Å². The molecular weight excluding hydrogens is 220 g/mol.